The molecule has 6 N–H and O–H groups in total. The number of nitrogens with one attached hydrogen (secondary N) is 2. The van der Waals surface area contributed by atoms with Crippen LogP contribution >= 0.6 is 0 Å². The van der Waals surface area contributed by atoms with E-state index in [0.717, 1.165) is 18.2 Å². The topological polar surface area (TPSA) is 237 Å². The summed E-state index contributed by atoms with van der Waals surface area (Å²) in [6.45, 7) is 3.34. The van der Waals surface area contributed by atoms with Crippen molar-refractivity contribution in [1.29, 1.82) is 0 Å². The lowest BCUT2D eigenvalue weighted by Gasteiger charge is -2.07. The van der Waals surface area contributed by atoms with E-state index in [0.29, 0.717) is 16.8 Å². The minimum atomic E-state index is -4.78. The van der Waals surface area contributed by atoms with E-state index in [1.165, 1.54) is 18.2 Å². The van der Waals surface area contributed by atoms with Gasteiger partial charge in [0.25, 0.3) is 20.2 Å². The second kappa shape index (κ2) is 10.4. The molecular formula is C21H20N7O7S2. The quantitative estimate of drug-likeness (QED) is 0.232. The average molecular weight is 547 g/mol. The first-order chi connectivity index (χ1) is 17.1. The van der Waals surface area contributed by atoms with Gasteiger partial charge in [-0.05, 0) is 73.5 Å². The van der Waals surface area contributed by atoms with Crippen LogP contribution in [-0.2, 0) is 20.2 Å². The number of amides is 2. The molecule has 193 valence electrons. The van der Waals surface area contributed by atoms with Crippen molar-refractivity contribution in [2.45, 2.75) is 23.6 Å². The summed E-state index contributed by atoms with van der Waals surface area (Å²) < 4.78 is 64.8. The van der Waals surface area contributed by atoms with E-state index in [4.69, 9.17) is 11.5 Å². The fourth-order valence-corrected chi connectivity index (χ4v) is 4.13. The summed E-state index contributed by atoms with van der Waals surface area (Å²) >= 11 is 0. The molecule has 0 spiro atoms. The average Bonchev–Trinajstić information content (AvgIpc) is 2.77. The maximum Gasteiger partial charge on any atom is 0.316 e. The van der Waals surface area contributed by atoms with Crippen LogP contribution in [0.1, 0.15) is 11.1 Å². The first kappa shape index (κ1) is 27.3. The molecule has 0 aromatic heterocycles. The summed E-state index contributed by atoms with van der Waals surface area (Å²) in [5.41, 5.74) is 14.7. The normalized spacial score (nSPS) is 12.3. The first-order valence-corrected chi connectivity index (χ1v) is 13.0. The van der Waals surface area contributed by atoms with E-state index in [1.54, 1.807) is 26.0 Å². The molecule has 0 bridgehead atoms. The molecule has 0 saturated heterocycles. The SMILES string of the molecule is Cc1cc(N=Nc2cc(S(=O)(=O)O)ccc2S(=O)(=O)O)c(C)cc1N=Nc1ccc([NH])cc1NC(N)=O. The first-order valence-electron chi connectivity index (χ1n) is 10.1. The van der Waals surface area contributed by atoms with Crippen LogP contribution in [0.2, 0.25) is 0 Å². The molecule has 0 aliphatic heterocycles. The number of hydrogen-bond acceptors (Lipinski definition) is 9. The van der Waals surface area contributed by atoms with Gasteiger partial charge >= 0.3 is 6.03 Å². The van der Waals surface area contributed by atoms with E-state index < -0.39 is 41.7 Å². The van der Waals surface area contributed by atoms with Gasteiger partial charge in [-0.2, -0.15) is 27.1 Å². The van der Waals surface area contributed by atoms with E-state index >= 15 is 0 Å². The second-order valence-electron chi connectivity index (χ2n) is 7.63. The molecular weight excluding hydrogens is 526 g/mol. The molecule has 0 fully saturated rings. The van der Waals surface area contributed by atoms with Crippen LogP contribution in [0.4, 0.5) is 38.9 Å². The lowest BCUT2D eigenvalue weighted by molar-refractivity contribution is 0.259. The van der Waals surface area contributed by atoms with Crippen molar-refractivity contribution in [2.24, 2.45) is 26.2 Å². The van der Waals surface area contributed by atoms with Crippen LogP contribution in [0.15, 0.2) is 78.8 Å². The summed E-state index contributed by atoms with van der Waals surface area (Å²) in [5.74, 6) is 0. The lowest BCUT2D eigenvalue weighted by Crippen LogP contribution is -2.19. The van der Waals surface area contributed by atoms with Crippen molar-refractivity contribution in [3.8, 4) is 0 Å². The van der Waals surface area contributed by atoms with Gasteiger partial charge in [-0.3, -0.25) is 9.11 Å². The van der Waals surface area contributed by atoms with Gasteiger partial charge < -0.3 is 16.8 Å². The Morgan fingerprint density at radius 2 is 1.32 bits per heavy atom. The molecule has 0 atom stereocenters. The highest BCUT2D eigenvalue weighted by atomic mass is 32.2. The Hall–Kier alpha value is -4.25. The molecule has 0 unspecified atom stereocenters. The highest BCUT2D eigenvalue weighted by Gasteiger charge is 2.20. The van der Waals surface area contributed by atoms with Crippen molar-refractivity contribution in [1.82, 2.24) is 5.73 Å². The number of benzene rings is 3. The molecule has 3 aromatic rings. The molecule has 3 aromatic carbocycles. The van der Waals surface area contributed by atoms with E-state index in [-0.39, 0.29) is 22.7 Å². The largest absolute Gasteiger partial charge is 0.351 e. The van der Waals surface area contributed by atoms with Gasteiger partial charge in [-0.25, -0.2) is 4.79 Å². The van der Waals surface area contributed by atoms with Crippen LogP contribution in [0.5, 0.6) is 0 Å². The van der Waals surface area contributed by atoms with E-state index in [2.05, 4.69) is 25.8 Å². The molecule has 0 aliphatic carbocycles. The number of primary amides is 1. The number of azo groups is 2. The van der Waals surface area contributed by atoms with Crippen LogP contribution in [0.25, 0.3) is 0 Å². The Morgan fingerprint density at radius 1 is 0.784 bits per heavy atom. The fraction of sp³-hybridized carbons (Fsp3) is 0.0952. The molecule has 16 heteroatoms. The van der Waals surface area contributed by atoms with E-state index in [9.17, 15) is 30.7 Å². The Kier molecular flexibility index (Phi) is 7.68. The fourth-order valence-electron chi connectivity index (χ4n) is 3.03. The van der Waals surface area contributed by atoms with Gasteiger partial charge in [0.15, 0.2) is 0 Å². The molecule has 37 heavy (non-hydrogen) atoms. The number of nitrogens with two attached hydrogens (primary N) is 1. The lowest BCUT2D eigenvalue weighted by atomic mass is 10.1. The number of carbonyl (C=O) groups excluding carboxylic acids is 1. The zero-order valence-corrected chi connectivity index (χ0v) is 20.9. The molecule has 0 saturated carbocycles. The molecule has 3 rings (SSSR count). The van der Waals surface area contributed by atoms with Crippen LogP contribution in [0.3, 0.4) is 0 Å². The monoisotopic (exact) mass is 546 g/mol. The highest BCUT2D eigenvalue weighted by molar-refractivity contribution is 7.86. The number of hydrogen-bond donors (Lipinski definition) is 4. The van der Waals surface area contributed by atoms with Crippen molar-refractivity contribution in [3.63, 3.8) is 0 Å². The minimum absolute atomic E-state index is 0.128. The summed E-state index contributed by atoms with van der Waals surface area (Å²) in [4.78, 5) is 9.88. The maximum absolute atomic E-state index is 11.7. The number of urea groups is 1. The highest BCUT2D eigenvalue weighted by Crippen LogP contribution is 2.34. The number of aryl methyl sites for hydroxylation is 2. The summed E-state index contributed by atoms with van der Waals surface area (Å²) in [5, 5.41) is 18.4. The molecule has 0 heterocycles. The number of carbonyl (C=O) groups is 1. The van der Waals surface area contributed by atoms with Crippen molar-refractivity contribution >= 4 is 60.4 Å². The molecule has 1 radical (unpaired) electrons. The second-order valence-corrected chi connectivity index (χ2v) is 10.4. The van der Waals surface area contributed by atoms with Gasteiger partial charge in [0.05, 0.1) is 27.6 Å². The Morgan fingerprint density at radius 3 is 1.84 bits per heavy atom. The predicted octanol–water partition coefficient (Wildman–Crippen LogP) is 5.03. The van der Waals surface area contributed by atoms with Gasteiger partial charge in [-0.15, -0.1) is 10.2 Å². The van der Waals surface area contributed by atoms with Gasteiger partial charge in [-0.1, -0.05) is 0 Å². The van der Waals surface area contributed by atoms with Gasteiger partial charge in [0, 0.05) is 0 Å². The number of nitrogens with zero attached hydrogens (tertiary/aromatic N) is 4. The zero-order chi connectivity index (χ0) is 27.5. The standard InChI is InChI=1S/C21H20N7O7S2/c1-11-8-17(27-28-19-10-14(36(30,31)32)4-6-20(19)37(33,34)35)12(2)7-16(11)26-25-15-5-3-13(22)9-18(15)24-21(23)29/h3-10,22H,1-2H3,(H3,23,24,29)(H,30,31,32)(H,33,34,35). The smallest absolute Gasteiger partial charge is 0.316 e. The number of anilines is 1. The van der Waals surface area contributed by atoms with Crippen molar-refractivity contribution < 1.29 is 30.7 Å². The van der Waals surface area contributed by atoms with E-state index in [1.807, 2.05) is 0 Å². The molecule has 2 amide bonds. The van der Waals surface area contributed by atoms with Crippen molar-refractivity contribution in [3.05, 3.63) is 59.7 Å². The summed E-state index contributed by atoms with van der Waals surface area (Å²) in [7, 11) is -9.45. The van der Waals surface area contributed by atoms with Crippen LogP contribution in [-0.4, -0.2) is 32.0 Å². The third kappa shape index (κ3) is 6.91. The van der Waals surface area contributed by atoms with Crippen LogP contribution in [0, 0.1) is 13.8 Å². The molecule has 0 aliphatic rings. The third-order valence-corrected chi connectivity index (χ3v) is 6.56. The zero-order valence-electron chi connectivity index (χ0n) is 19.2. The Bertz CT molecular complexity index is 1670. The maximum atomic E-state index is 11.7. The predicted molar refractivity (Wildman–Crippen MR) is 133 cm³/mol. The van der Waals surface area contributed by atoms with Crippen LogP contribution < -0.4 is 16.8 Å². The Labute approximate surface area is 211 Å². The Balaban J connectivity index is 1.98. The third-order valence-electron chi connectivity index (χ3n) is 4.81. The van der Waals surface area contributed by atoms with Crippen molar-refractivity contribution in [2.75, 3.05) is 5.32 Å². The van der Waals surface area contributed by atoms with Gasteiger partial charge in [0.1, 0.15) is 16.3 Å². The molecule has 14 nitrogen and oxygen atoms in total. The van der Waals surface area contributed by atoms with Gasteiger partial charge in [0.2, 0.25) is 0 Å². The minimum Gasteiger partial charge on any atom is -0.351 e. The summed E-state index contributed by atoms with van der Waals surface area (Å²) in [6, 6.07) is 8.97. The number of rotatable bonds is 7. The summed E-state index contributed by atoms with van der Waals surface area (Å²) in [6.07, 6.45) is 0.